The molecule has 2 aliphatic rings. The number of aldehydes is 1. The second-order valence-electron chi connectivity index (χ2n) is 26.2. The van der Waals surface area contributed by atoms with Crippen molar-refractivity contribution in [3.8, 4) is 22.3 Å². The summed E-state index contributed by atoms with van der Waals surface area (Å²) >= 11 is 0. The number of rotatable bonds is 15. The van der Waals surface area contributed by atoms with Crippen LogP contribution in [0.15, 0.2) is 334 Å². The molecule has 0 atom stereocenters. The van der Waals surface area contributed by atoms with E-state index in [4.69, 9.17) is 0 Å². The van der Waals surface area contributed by atoms with Crippen molar-refractivity contribution in [2.45, 2.75) is 59.3 Å². The number of para-hydroxylation sites is 2. The molecular weight excluding hydrogens is 1420 g/mol. The smallest absolute Gasteiger partial charge is 0.150 e. The van der Waals surface area contributed by atoms with E-state index in [0.717, 1.165) is 36.1 Å². The summed E-state index contributed by atoms with van der Waals surface area (Å²) in [6.07, 6.45) is 5.43. The van der Waals surface area contributed by atoms with Gasteiger partial charge in [0.2, 0.25) is 11.4 Å². The van der Waals surface area contributed by atoms with Crippen LogP contribution in [0.3, 0.4) is 0 Å². The molecule has 14 rings (SSSR count). The molecule has 0 aromatic heterocycles. The summed E-state index contributed by atoms with van der Waals surface area (Å²) in [7, 11) is -10.7. The van der Waals surface area contributed by atoms with Crippen LogP contribution in [0.25, 0.3) is 50.6 Å². The molecule has 3 nitrogen and oxygen atoms in total. The van der Waals surface area contributed by atoms with Gasteiger partial charge in [0.15, 0.2) is 11.4 Å². The Morgan fingerprint density at radius 1 is 0.320 bits per heavy atom. The van der Waals surface area contributed by atoms with Gasteiger partial charge in [-0.25, -0.2) is 0 Å². The summed E-state index contributed by atoms with van der Waals surface area (Å²) < 4.78 is 64.1. The third kappa shape index (κ3) is 18.6. The molecule has 12 aromatic rings. The van der Waals surface area contributed by atoms with E-state index in [1.165, 1.54) is 112 Å². The Kier molecular flexibility index (Phi) is 23.3. The van der Waals surface area contributed by atoms with Crippen LogP contribution in [0.5, 0.6) is 0 Å². The van der Waals surface area contributed by atoms with Gasteiger partial charge in [-0.05, 0) is 142 Å². The van der Waals surface area contributed by atoms with Crippen LogP contribution in [0.1, 0.15) is 120 Å². The molecule has 0 bridgehead atoms. The molecule has 0 saturated carbocycles. The first-order valence-corrected chi connectivity index (χ1v) is 36.3. The summed E-state index contributed by atoms with van der Waals surface area (Å²) in [5.74, 6) is 0. The molecule has 11 heteroatoms. The molecule has 2 aliphatic heterocycles. The molecule has 0 fully saturated rings. The van der Waals surface area contributed by atoms with Gasteiger partial charge in [-0.3, -0.25) is 4.79 Å². The first-order valence-electron chi connectivity index (χ1n) is 34.3. The Balaban J connectivity index is 0.000000176. The van der Waals surface area contributed by atoms with Crippen molar-refractivity contribution >= 4 is 65.3 Å². The van der Waals surface area contributed by atoms with E-state index in [9.17, 15) is 30.0 Å². The normalized spacial score (nSPS) is 13.7. The van der Waals surface area contributed by atoms with Crippen molar-refractivity contribution in [2.24, 2.45) is 0 Å². The van der Waals surface area contributed by atoms with Crippen LogP contribution in [0.4, 0.5) is 36.6 Å². The third-order valence-corrected chi connectivity index (χ3v) is 18.9. The number of carbonyl (C=O) groups excluding carboxylic acids is 1. The molecule has 0 radical (unpaired) electrons. The average Bonchev–Trinajstić information content (AvgIpc) is 1.68. The molecule has 0 N–H and O–H groups in total. The number of benzene rings is 12. The van der Waals surface area contributed by atoms with Crippen LogP contribution in [0, 0.1) is 0 Å². The summed E-state index contributed by atoms with van der Waals surface area (Å²) in [6, 6.07) is 116. The van der Waals surface area contributed by atoms with Gasteiger partial charge < -0.3 is 24.0 Å². The summed E-state index contributed by atoms with van der Waals surface area (Å²) in [5.41, 5.74) is 29.4. The SMILES string of the molecule is CC[N+]1=C(/C=C/c2ccc(-c3ccc(C(=C(c4ccccc4)c4ccccc4)c4ccccc4)cc3)cc2)C(C)(C)c2ccccc21.CC[N+]1=C(C)C(C)(C)c2ccccc21.F[P-](F)(F)(F)(F)F.O=Cc1ccc(-c2ccc(C(=C(c3ccccc3)c3ccccc3)c3ccccc3)cc2)cc1.[I-]. The number of fused-ring (bicyclic) bond motifs is 2. The number of allylic oxidation sites excluding steroid dienone is 1. The number of carbonyl (C=O) groups is 1. The molecule has 103 heavy (non-hydrogen) atoms. The van der Waals surface area contributed by atoms with Crippen LogP contribution in [0.2, 0.25) is 0 Å². The maximum atomic E-state index is 11.0. The van der Waals surface area contributed by atoms with Crippen molar-refractivity contribution in [3.05, 3.63) is 400 Å². The van der Waals surface area contributed by atoms with Gasteiger partial charge in [0.25, 0.3) is 0 Å². The fourth-order valence-corrected chi connectivity index (χ4v) is 13.7. The van der Waals surface area contributed by atoms with E-state index in [-0.39, 0.29) is 34.8 Å². The molecule has 0 unspecified atom stereocenters. The summed E-state index contributed by atoms with van der Waals surface area (Å²) in [4.78, 5) is 11.0. The molecule has 520 valence electrons. The third-order valence-electron chi connectivity index (χ3n) is 18.9. The second-order valence-corrected chi connectivity index (χ2v) is 28.2. The van der Waals surface area contributed by atoms with E-state index >= 15 is 0 Å². The standard InChI is InChI=1S/C46H40N.C33H24O.C13H18N.F6P.HI/c1-4-47-42-23-15-14-22-41(42)46(2,3)43(47)33-26-34-24-27-35(28-25-34)36-29-31-40(32-30-36)45(39-20-12-7-13-21-39)44(37-16-8-5-9-17-37)38-18-10-6-11-19-38;34-24-25-16-18-26(19-17-25)27-20-22-31(23-21-27)33(30-14-8-3-9-15-30)32(28-10-4-1-5-11-28)29-12-6-2-7-13-29;1-5-14-10(2)13(3,4)11-8-6-7-9-12(11)14;1-7(2,3,4,5)6;/h5-33H,4H2,1-3H3;1-24H;6-9H,5H2,1-4H3;;1H/q+1;;+1;-1;/p-1/b33-26+;;;;. The van der Waals surface area contributed by atoms with Crippen molar-refractivity contribution < 1.29 is 63.1 Å². The van der Waals surface area contributed by atoms with Crippen molar-refractivity contribution in [2.75, 3.05) is 13.1 Å². The maximum Gasteiger partial charge on any atom is 0.150 e. The summed E-state index contributed by atoms with van der Waals surface area (Å²) in [5, 5.41) is 0. The van der Waals surface area contributed by atoms with Gasteiger partial charge in [-0.2, -0.15) is 9.15 Å². The topological polar surface area (TPSA) is 23.1 Å². The van der Waals surface area contributed by atoms with Crippen LogP contribution in [-0.4, -0.2) is 40.0 Å². The molecule has 12 aromatic carbocycles. The van der Waals surface area contributed by atoms with Gasteiger partial charge in [-0.1, -0.05) is 315 Å². The number of nitrogens with zero attached hydrogens (tertiary/aromatic N) is 2. The van der Waals surface area contributed by atoms with Crippen molar-refractivity contribution in [3.63, 3.8) is 0 Å². The first kappa shape index (κ1) is 75.3. The van der Waals surface area contributed by atoms with Crippen LogP contribution < -0.4 is 24.0 Å². The molecule has 2 heterocycles. The zero-order chi connectivity index (χ0) is 72.1. The molecule has 0 saturated heterocycles. The van der Waals surface area contributed by atoms with Gasteiger partial charge >= 0.3 is 33.0 Å². The van der Waals surface area contributed by atoms with Gasteiger partial charge in [-0.15, -0.1) is 0 Å². The Hall–Kier alpha value is -10.4. The van der Waals surface area contributed by atoms with Crippen molar-refractivity contribution in [1.82, 2.24) is 0 Å². The van der Waals surface area contributed by atoms with Crippen LogP contribution in [-0.2, 0) is 10.8 Å². The monoisotopic (exact) mass is 1500 g/mol. The first-order chi connectivity index (χ1) is 48.9. The molecule has 0 spiro atoms. The van der Waals surface area contributed by atoms with E-state index in [1.54, 1.807) is 0 Å². The summed E-state index contributed by atoms with van der Waals surface area (Å²) in [6.45, 7) is 18.0. The largest absolute Gasteiger partial charge is 1.00 e. The fourth-order valence-electron chi connectivity index (χ4n) is 13.7. The van der Waals surface area contributed by atoms with Crippen molar-refractivity contribution in [1.29, 1.82) is 0 Å². The Morgan fingerprint density at radius 2 is 0.563 bits per heavy atom. The minimum atomic E-state index is -10.7. The van der Waals surface area contributed by atoms with Gasteiger partial charge in [0, 0.05) is 41.8 Å². The zero-order valence-corrected chi connectivity index (χ0v) is 61.8. The predicted molar refractivity (Wildman–Crippen MR) is 416 cm³/mol. The number of hydrogen-bond acceptors (Lipinski definition) is 1. The second kappa shape index (κ2) is 31.9. The van der Waals surface area contributed by atoms with E-state index < -0.39 is 7.81 Å². The van der Waals surface area contributed by atoms with Gasteiger partial charge in [0.1, 0.15) is 19.4 Å². The Labute approximate surface area is 619 Å². The molecule has 0 amide bonds. The van der Waals surface area contributed by atoms with Gasteiger partial charge in [0.05, 0.1) is 10.8 Å². The number of hydrogen-bond donors (Lipinski definition) is 0. The number of halogens is 7. The Bertz CT molecular complexity index is 4950. The molecule has 0 aliphatic carbocycles. The Morgan fingerprint density at radius 3 is 0.854 bits per heavy atom. The molecular formula is C92H82F6IN2OP. The fraction of sp³-hybridized carbons (Fsp3) is 0.120. The van der Waals surface area contributed by atoms with E-state index in [2.05, 4.69) is 373 Å². The predicted octanol–water partition coefficient (Wildman–Crippen LogP) is 23.1. The maximum absolute atomic E-state index is 11.0. The van der Waals surface area contributed by atoms with E-state index in [0.29, 0.717) is 5.56 Å². The minimum absolute atomic E-state index is 0. The zero-order valence-electron chi connectivity index (χ0n) is 58.7. The minimum Gasteiger partial charge on any atom is -1.00 e. The van der Waals surface area contributed by atoms with Crippen LogP contribution >= 0.6 is 7.81 Å². The average molecular weight is 1500 g/mol. The van der Waals surface area contributed by atoms with E-state index in [1.807, 2.05) is 24.3 Å². The quantitative estimate of drug-likeness (QED) is 0.0251.